The lowest BCUT2D eigenvalue weighted by Crippen LogP contribution is -2.27. The van der Waals surface area contributed by atoms with Crippen LogP contribution in [0.4, 0.5) is 5.69 Å². The number of benzene rings is 2. The molecule has 138 valence electrons. The lowest BCUT2D eigenvalue weighted by atomic mass is 9.80. The van der Waals surface area contributed by atoms with Crippen molar-refractivity contribution in [1.82, 2.24) is 4.98 Å². The van der Waals surface area contributed by atoms with Crippen molar-refractivity contribution in [3.05, 3.63) is 77.3 Å². The van der Waals surface area contributed by atoms with Gasteiger partial charge < -0.3 is 19.2 Å². The molecular formula is C21H17BN2O4. The second-order valence-corrected chi connectivity index (χ2v) is 6.33. The van der Waals surface area contributed by atoms with Crippen LogP contribution in [-0.4, -0.2) is 17.1 Å². The molecule has 0 aliphatic carbocycles. The van der Waals surface area contributed by atoms with Crippen molar-refractivity contribution in [3.63, 3.8) is 0 Å². The lowest BCUT2D eigenvalue weighted by molar-refractivity contribution is 0.275. The first kappa shape index (κ1) is 18.0. The van der Waals surface area contributed by atoms with E-state index in [4.69, 9.17) is 20.7 Å². The molecule has 2 aromatic carbocycles. The second-order valence-electron chi connectivity index (χ2n) is 6.33. The maximum atomic E-state index is 9.76. The zero-order valence-electron chi connectivity index (χ0n) is 15.3. The van der Waals surface area contributed by atoms with Gasteiger partial charge in [0.15, 0.2) is 11.5 Å². The molecule has 0 spiro atoms. The Balaban J connectivity index is 1.62. The molecule has 7 heteroatoms. The van der Waals surface area contributed by atoms with Gasteiger partial charge in [0, 0.05) is 6.20 Å². The van der Waals surface area contributed by atoms with Crippen molar-refractivity contribution in [1.29, 1.82) is 0 Å². The fraction of sp³-hybridized carbons (Fsp3) is 0.143. The van der Waals surface area contributed by atoms with Gasteiger partial charge in [-0.15, -0.1) is 0 Å². The van der Waals surface area contributed by atoms with Crippen molar-refractivity contribution in [3.8, 4) is 23.1 Å². The summed E-state index contributed by atoms with van der Waals surface area (Å²) in [6.07, 6.45) is 2.33. The van der Waals surface area contributed by atoms with Crippen LogP contribution in [-0.2, 0) is 17.7 Å². The SMILES string of the molecule is [C-]#[N+]c1ccc(Oc2cc(CC)ccc2Oc2ccc3c(c2)COB3O)nc1. The molecule has 4 rings (SSSR count). The van der Waals surface area contributed by atoms with E-state index >= 15 is 0 Å². The number of ether oxygens (including phenoxy) is 2. The Hall–Kier alpha value is -3.34. The Morgan fingerprint density at radius 2 is 2.04 bits per heavy atom. The third kappa shape index (κ3) is 3.69. The molecule has 2 heterocycles. The van der Waals surface area contributed by atoms with Crippen LogP contribution >= 0.6 is 0 Å². The van der Waals surface area contributed by atoms with Gasteiger partial charge in [0.05, 0.1) is 13.2 Å². The van der Waals surface area contributed by atoms with E-state index in [1.165, 1.54) is 6.20 Å². The van der Waals surface area contributed by atoms with Crippen LogP contribution < -0.4 is 14.9 Å². The highest BCUT2D eigenvalue weighted by atomic mass is 16.5. The summed E-state index contributed by atoms with van der Waals surface area (Å²) in [4.78, 5) is 7.50. The molecule has 6 nitrogen and oxygen atoms in total. The molecule has 1 N–H and O–H groups in total. The quantitative estimate of drug-likeness (QED) is 0.542. The minimum absolute atomic E-state index is 0.350. The molecule has 0 fully saturated rings. The van der Waals surface area contributed by atoms with Crippen LogP contribution in [0.25, 0.3) is 4.85 Å². The van der Waals surface area contributed by atoms with Gasteiger partial charge in [0.25, 0.3) is 0 Å². The fourth-order valence-corrected chi connectivity index (χ4v) is 2.95. The monoisotopic (exact) mass is 372 g/mol. The third-order valence-corrected chi connectivity index (χ3v) is 4.49. The summed E-state index contributed by atoms with van der Waals surface area (Å²) in [5, 5.41) is 9.76. The number of hydrogen-bond donors (Lipinski definition) is 1. The number of pyridine rings is 1. The zero-order valence-corrected chi connectivity index (χ0v) is 15.3. The Kier molecular flexibility index (Phi) is 4.98. The van der Waals surface area contributed by atoms with Gasteiger partial charge in [-0.25, -0.2) is 9.83 Å². The van der Waals surface area contributed by atoms with E-state index < -0.39 is 7.12 Å². The maximum Gasteiger partial charge on any atom is 0.491 e. The van der Waals surface area contributed by atoms with E-state index in [0.717, 1.165) is 23.0 Å². The molecule has 0 saturated heterocycles. The van der Waals surface area contributed by atoms with Crippen molar-refractivity contribution in [2.75, 3.05) is 0 Å². The average Bonchev–Trinajstić information content (AvgIpc) is 3.10. The van der Waals surface area contributed by atoms with Crippen LogP contribution in [0.3, 0.4) is 0 Å². The predicted molar refractivity (Wildman–Crippen MR) is 105 cm³/mol. The minimum Gasteiger partial charge on any atom is -0.453 e. The lowest BCUT2D eigenvalue weighted by Gasteiger charge is -2.14. The maximum absolute atomic E-state index is 9.76. The van der Waals surface area contributed by atoms with Gasteiger partial charge in [-0.3, -0.25) is 0 Å². The molecule has 0 saturated carbocycles. The molecule has 1 aromatic heterocycles. The first-order valence-electron chi connectivity index (χ1n) is 8.91. The van der Waals surface area contributed by atoms with Crippen LogP contribution in [0.2, 0.25) is 0 Å². The van der Waals surface area contributed by atoms with E-state index in [2.05, 4.69) is 16.8 Å². The van der Waals surface area contributed by atoms with E-state index in [1.54, 1.807) is 24.3 Å². The van der Waals surface area contributed by atoms with Gasteiger partial charge in [0.2, 0.25) is 11.6 Å². The number of aromatic nitrogens is 1. The van der Waals surface area contributed by atoms with E-state index in [1.807, 2.05) is 24.3 Å². The van der Waals surface area contributed by atoms with Crippen LogP contribution in [0.5, 0.6) is 23.1 Å². The molecule has 3 aromatic rings. The zero-order chi connectivity index (χ0) is 19.5. The molecule has 0 unspecified atom stereocenters. The topological polar surface area (TPSA) is 65.2 Å². The Labute approximate surface area is 163 Å². The van der Waals surface area contributed by atoms with Gasteiger partial charge in [-0.05, 0) is 59.4 Å². The molecule has 1 aliphatic rings. The van der Waals surface area contributed by atoms with Crippen molar-refractivity contribution < 1.29 is 19.2 Å². The number of hydrogen-bond acceptors (Lipinski definition) is 5. The van der Waals surface area contributed by atoms with Crippen molar-refractivity contribution in [2.45, 2.75) is 20.0 Å². The molecular weight excluding hydrogens is 355 g/mol. The number of fused-ring (bicyclic) bond motifs is 1. The number of rotatable bonds is 5. The van der Waals surface area contributed by atoms with E-state index in [0.29, 0.717) is 35.4 Å². The molecule has 1 aliphatic heterocycles. The fourth-order valence-electron chi connectivity index (χ4n) is 2.95. The normalized spacial score (nSPS) is 12.4. The van der Waals surface area contributed by atoms with E-state index in [9.17, 15) is 5.02 Å². The number of nitrogens with zero attached hydrogens (tertiary/aromatic N) is 2. The Morgan fingerprint density at radius 3 is 2.79 bits per heavy atom. The highest BCUT2D eigenvalue weighted by Gasteiger charge is 2.27. The molecule has 0 amide bonds. The summed E-state index contributed by atoms with van der Waals surface area (Å²) in [6, 6.07) is 14.5. The largest absolute Gasteiger partial charge is 0.491 e. The molecule has 0 bridgehead atoms. The van der Waals surface area contributed by atoms with Crippen LogP contribution in [0, 0.1) is 6.57 Å². The van der Waals surface area contributed by atoms with Crippen molar-refractivity contribution in [2.24, 2.45) is 0 Å². The van der Waals surface area contributed by atoms with Gasteiger partial charge >= 0.3 is 7.12 Å². The predicted octanol–water partition coefficient (Wildman–Crippen LogP) is 4.00. The standard InChI is InChI=1S/C21H17BN2O4/c1-3-14-4-8-19(20(10-14)28-21-9-5-16(23-2)12-24-21)27-17-6-7-18-15(11-17)13-26-22(18)25/h4-12,25H,3,13H2,1H3. The Bertz CT molecular complexity index is 1050. The van der Waals surface area contributed by atoms with Gasteiger partial charge in [-0.1, -0.05) is 19.1 Å². The summed E-state index contributed by atoms with van der Waals surface area (Å²) in [5.74, 6) is 2.10. The smallest absolute Gasteiger partial charge is 0.453 e. The average molecular weight is 372 g/mol. The number of aryl methyl sites for hydroxylation is 1. The highest BCUT2D eigenvalue weighted by molar-refractivity contribution is 6.61. The first-order valence-corrected chi connectivity index (χ1v) is 8.91. The third-order valence-electron chi connectivity index (χ3n) is 4.49. The van der Waals surface area contributed by atoms with Gasteiger partial charge in [0.1, 0.15) is 5.75 Å². The summed E-state index contributed by atoms with van der Waals surface area (Å²) >= 11 is 0. The highest BCUT2D eigenvalue weighted by Crippen LogP contribution is 2.36. The molecule has 28 heavy (non-hydrogen) atoms. The summed E-state index contributed by atoms with van der Waals surface area (Å²) in [7, 11) is -0.878. The first-order chi connectivity index (χ1) is 13.7. The Morgan fingerprint density at radius 1 is 1.14 bits per heavy atom. The van der Waals surface area contributed by atoms with Gasteiger partial charge in [-0.2, -0.15) is 0 Å². The van der Waals surface area contributed by atoms with Crippen LogP contribution in [0.1, 0.15) is 18.1 Å². The van der Waals surface area contributed by atoms with E-state index in [-0.39, 0.29) is 0 Å². The second kappa shape index (κ2) is 7.73. The molecule has 0 radical (unpaired) electrons. The molecule has 0 atom stereocenters. The van der Waals surface area contributed by atoms with Crippen LogP contribution in [0.15, 0.2) is 54.7 Å². The minimum atomic E-state index is -0.878. The summed E-state index contributed by atoms with van der Waals surface area (Å²) in [5.41, 5.74) is 3.21. The summed E-state index contributed by atoms with van der Waals surface area (Å²) < 4.78 is 17.2. The summed E-state index contributed by atoms with van der Waals surface area (Å²) in [6.45, 7) is 9.43. The van der Waals surface area contributed by atoms with Crippen molar-refractivity contribution >= 4 is 18.3 Å².